The van der Waals surface area contributed by atoms with E-state index < -0.39 is 59.0 Å². The Morgan fingerprint density at radius 3 is 2.02 bits per heavy atom. The minimum atomic E-state index is -1.13. The summed E-state index contributed by atoms with van der Waals surface area (Å²) < 4.78 is 4.99. The predicted octanol–water partition coefficient (Wildman–Crippen LogP) is 2.81. The third-order valence-corrected chi connectivity index (χ3v) is 6.78. The van der Waals surface area contributed by atoms with Crippen molar-refractivity contribution in [2.75, 3.05) is 13.1 Å². The predicted molar refractivity (Wildman–Crippen MR) is 161 cm³/mol. The molecule has 5 amide bonds. The van der Waals surface area contributed by atoms with Crippen molar-refractivity contribution in [1.29, 1.82) is 0 Å². The van der Waals surface area contributed by atoms with Gasteiger partial charge in [-0.25, -0.2) is 4.79 Å². The van der Waals surface area contributed by atoms with Crippen LogP contribution in [0.1, 0.15) is 107 Å². The number of nitrogens with zero attached hydrogens (tertiary/aromatic N) is 1. The molecule has 42 heavy (non-hydrogen) atoms. The molecule has 1 rings (SSSR count). The first-order valence-electron chi connectivity index (χ1n) is 15.2. The zero-order chi connectivity index (χ0) is 32.6. The molecule has 0 radical (unpaired) electrons. The topological polar surface area (TPSA) is 177 Å². The Labute approximate surface area is 251 Å². The summed E-state index contributed by atoms with van der Waals surface area (Å²) in [7, 11) is 0. The molecule has 0 aromatic rings. The number of carbonyl (C=O) groups excluding carboxylic acids is 6. The molecular formula is C30H55N5O7. The number of hydrogen-bond acceptors (Lipinski definition) is 7. The molecule has 242 valence electrons. The lowest BCUT2D eigenvalue weighted by Gasteiger charge is -2.35. The Bertz CT molecular complexity index is 914. The first kappa shape index (κ1) is 38.8. The maximum Gasteiger partial charge on any atom is 0.325 e. The molecule has 1 heterocycles. The third kappa shape index (κ3) is 14.1. The van der Waals surface area contributed by atoms with Crippen LogP contribution in [0.15, 0.2) is 0 Å². The van der Waals surface area contributed by atoms with Crippen LogP contribution in [0.5, 0.6) is 0 Å². The summed E-state index contributed by atoms with van der Waals surface area (Å²) in [6.45, 7) is 16.9. The van der Waals surface area contributed by atoms with Crippen molar-refractivity contribution >= 4 is 35.5 Å². The third-order valence-electron chi connectivity index (χ3n) is 6.78. The van der Waals surface area contributed by atoms with E-state index in [-0.39, 0.29) is 31.5 Å². The van der Waals surface area contributed by atoms with Crippen LogP contribution in [0, 0.1) is 11.3 Å². The molecule has 0 spiro atoms. The number of urea groups is 1. The minimum absolute atomic E-state index is 0.0701. The molecular weight excluding hydrogens is 542 g/mol. The smallest absolute Gasteiger partial charge is 0.325 e. The molecule has 1 aliphatic heterocycles. The Hall–Kier alpha value is -3.18. The summed E-state index contributed by atoms with van der Waals surface area (Å²) in [6.07, 6.45) is 5.17. The summed E-state index contributed by atoms with van der Waals surface area (Å²) >= 11 is 0. The second kappa shape index (κ2) is 19.1. The standard InChI is InChI=1S/C26H45N5O7.C4H10/c1-8-10-16(4)13-17(20(33)22(27)34)29-23(35)18-11-9-12-31(18)24(36)21(26(5,6)7)30-25(37)28-14-19(32)38-15(2)3;1-3-4-2/h15-18,21H,8-14H2,1-7H3,(H2,27,34)(H,29,35)(H2,28,30,37);3-4H2,1-2H3/t16?,17?,18-,21?;/m0./s1. The molecule has 12 heteroatoms. The largest absolute Gasteiger partial charge is 0.462 e. The van der Waals surface area contributed by atoms with Gasteiger partial charge < -0.3 is 31.3 Å². The van der Waals surface area contributed by atoms with Gasteiger partial charge in [0.25, 0.3) is 5.91 Å². The van der Waals surface area contributed by atoms with Crippen molar-refractivity contribution in [3.05, 3.63) is 0 Å². The van der Waals surface area contributed by atoms with Gasteiger partial charge in [-0.2, -0.15) is 0 Å². The van der Waals surface area contributed by atoms with Gasteiger partial charge in [0.2, 0.25) is 17.6 Å². The Balaban J connectivity index is 0.00000393. The zero-order valence-corrected chi connectivity index (χ0v) is 27.1. The van der Waals surface area contributed by atoms with Gasteiger partial charge in [0.05, 0.1) is 12.1 Å². The van der Waals surface area contributed by atoms with Gasteiger partial charge >= 0.3 is 12.0 Å². The fraction of sp³-hybridized carbons (Fsp3) is 0.800. The van der Waals surface area contributed by atoms with Crippen LogP contribution >= 0.6 is 0 Å². The van der Waals surface area contributed by atoms with Gasteiger partial charge in [0.1, 0.15) is 18.6 Å². The van der Waals surface area contributed by atoms with E-state index in [4.69, 9.17) is 10.5 Å². The maximum atomic E-state index is 13.6. The van der Waals surface area contributed by atoms with E-state index in [2.05, 4.69) is 29.8 Å². The molecule has 1 aliphatic rings. The molecule has 3 unspecified atom stereocenters. The number of nitrogens with two attached hydrogens (primary N) is 1. The number of ketones is 1. The average molecular weight is 598 g/mol. The van der Waals surface area contributed by atoms with Crippen molar-refractivity contribution in [3.63, 3.8) is 0 Å². The monoisotopic (exact) mass is 597 g/mol. The Morgan fingerprint density at radius 2 is 1.55 bits per heavy atom. The van der Waals surface area contributed by atoms with Crippen molar-refractivity contribution in [2.24, 2.45) is 17.1 Å². The van der Waals surface area contributed by atoms with Gasteiger partial charge in [-0.1, -0.05) is 74.1 Å². The van der Waals surface area contributed by atoms with Gasteiger partial charge in [-0.05, 0) is 44.4 Å². The van der Waals surface area contributed by atoms with E-state index >= 15 is 0 Å². The number of ether oxygens (including phenoxy) is 1. The summed E-state index contributed by atoms with van der Waals surface area (Å²) in [5, 5.41) is 7.66. The number of likely N-dealkylation sites (tertiary alicyclic amines) is 1. The molecule has 5 N–H and O–H groups in total. The van der Waals surface area contributed by atoms with Crippen LogP contribution in [0.3, 0.4) is 0 Å². The molecule has 0 aliphatic carbocycles. The summed E-state index contributed by atoms with van der Waals surface area (Å²) in [5.74, 6) is -3.56. The number of esters is 1. The van der Waals surface area contributed by atoms with E-state index in [9.17, 15) is 28.8 Å². The highest BCUT2D eigenvalue weighted by Gasteiger charge is 2.42. The lowest BCUT2D eigenvalue weighted by atomic mass is 9.85. The summed E-state index contributed by atoms with van der Waals surface area (Å²) in [6, 6.07) is -3.68. The number of unbranched alkanes of at least 4 members (excludes halogenated alkanes) is 1. The minimum Gasteiger partial charge on any atom is -0.462 e. The number of carbonyl (C=O) groups is 6. The number of primary amides is 1. The van der Waals surface area contributed by atoms with E-state index in [1.165, 1.54) is 17.7 Å². The van der Waals surface area contributed by atoms with Crippen molar-refractivity contribution in [1.82, 2.24) is 20.9 Å². The van der Waals surface area contributed by atoms with E-state index in [0.29, 0.717) is 12.8 Å². The molecule has 1 saturated heterocycles. The first-order chi connectivity index (χ1) is 19.5. The van der Waals surface area contributed by atoms with Gasteiger partial charge in [0.15, 0.2) is 0 Å². The quantitative estimate of drug-likeness (QED) is 0.176. The normalized spacial score (nSPS) is 16.8. The maximum absolute atomic E-state index is 13.6. The van der Waals surface area contributed by atoms with Crippen LogP contribution < -0.4 is 21.7 Å². The second-order valence-electron chi connectivity index (χ2n) is 12.3. The Kier molecular flexibility index (Phi) is 17.6. The first-order valence-corrected chi connectivity index (χ1v) is 15.2. The van der Waals surface area contributed by atoms with Crippen LogP contribution in [0.25, 0.3) is 0 Å². The fourth-order valence-corrected chi connectivity index (χ4v) is 4.44. The van der Waals surface area contributed by atoms with Crippen molar-refractivity contribution in [2.45, 2.75) is 131 Å². The average Bonchev–Trinajstić information content (AvgIpc) is 3.39. The second-order valence-corrected chi connectivity index (χ2v) is 12.3. The zero-order valence-electron chi connectivity index (χ0n) is 27.1. The van der Waals surface area contributed by atoms with E-state index in [1.54, 1.807) is 34.6 Å². The van der Waals surface area contributed by atoms with Crippen LogP contribution in [-0.4, -0.2) is 77.7 Å². The number of amides is 5. The molecule has 0 aromatic carbocycles. The van der Waals surface area contributed by atoms with Crippen LogP contribution in [-0.2, 0) is 28.7 Å². The lowest BCUT2D eigenvalue weighted by Crippen LogP contribution is -2.60. The number of nitrogens with one attached hydrogen (secondary N) is 3. The molecule has 12 nitrogen and oxygen atoms in total. The summed E-state index contributed by atoms with van der Waals surface area (Å²) in [4.78, 5) is 76.5. The number of hydrogen-bond donors (Lipinski definition) is 4. The molecule has 4 atom stereocenters. The highest BCUT2D eigenvalue weighted by molar-refractivity contribution is 6.37. The van der Waals surface area contributed by atoms with E-state index in [1.807, 2.05) is 13.8 Å². The number of Topliss-reactive ketones (excluding diaryl/α,β-unsaturated/α-hetero) is 1. The van der Waals surface area contributed by atoms with Gasteiger partial charge in [0, 0.05) is 6.54 Å². The fourth-order valence-electron chi connectivity index (χ4n) is 4.44. The molecule has 1 fully saturated rings. The van der Waals surface area contributed by atoms with Crippen molar-refractivity contribution in [3.8, 4) is 0 Å². The molecule has 0 saturated carbocycles. The summed E-state index contributed by atoms with van der Waals surface area (Å²) in [5.41, 5.74) is 4.49. The van der Waals surface area contributed by atoms with Crippen LogP contribution in [0.4, 0.5) is 4.79 Å². The van der Waals surface area contributed by atoms with Crippen molar-refractivity contribution < 1.29 is 33.5 Å². The highest BCUT2D eigenvalue weighted by atomic mass is 16.5. The highest BCUT2D eigenvalue weighted by Crippen LogP contribution is 2.26. The van der Waals surface area contributed by atoms with Gasteiger partial charge in [-0.15, -0.1) is 0 Å². The molecule has 0 bridgehead atoms. The SMILES string of the molecule is CCCC.CCCC(C)CC(NC(=O)[C@@H]1CCCN1C(=O)C(NC(=O)NCC(=O)OC(C)C)C(C)(C)C)C(=O)C(N)=O. The van der Waals surface area contributed by atoms with Crippen LogP contribution in [0.2, 0.25) is 0 Å². The molecule has 0 aromatic heterocycles. The number of rotatable bonds is 14. The Morgan fingerprint density at radius 1 is 0.952 bits per heavy atom. The van der Waals surface area contributed by atoms with E-state index in [0.717, 1.165) is 12.8 Å². The lowest BCUT2D eigenvalue weighted by molar-refractivity contribution is -0.146. The van der Waals surface area contributed by atoms with Gasteiger partial charge in [-0.3, -0.25) is 24.0 Å².